The van der Waals surface area contributed by atoms with Crippen molar-refractivity contribution < 1.29 is 49.6 Å². The Bertz CT molecular complexity index is 1230. The summed E-state index contributed by atoms with van der Waals surface area (Å²) in [7, 11) is 0. The summed E-state index contributed by atoms with van der Waals surface area (Å²) in [6.45, 7) is -0.121. The number of hydrogen-bond acceptors (Lipinski definition) is 9. The Balaban J connectivity index is 1.47. The second-order valence-electron chi connectivity index (χ2n) is 10.9. The molecule has 5 rings (SSSR count). The number of amides is 2. The van der Waals surface area contributed by atoms with Gasteiger partial charge in [0.25, 0.3) is 5.91 Å². The van der Waals surface area contributed by atoms with Gasteiger partial charge in [0, 0.05) is 19.4 Å². The van der Waals surface area contributed by atoms with Gasteiger partial charge in [-0.3, -0.25) is 9.59 Å². The van der Waals surface area contributed by atoms with E-state index in [1.807, 2.05) is 30.3 Å². The lowest BCUT2D eigenvalue weighted by atomic mass is 9.96. The molecule has 41 heavy (non-hydrogen) atoms. The zero-order chi connectivity index (χ0) is 29.1. The van der Waals surface area contributed by atoms with Crippen LogP contribution in [-0.2, 0) is 36.7 Å². The number of benzene rings is 2. The van der Waals surface area contributed by atoms with Gasteiger partial charge in [0.05, 0.1) is 0 Å². The van der Waals surface area contributed by atoms with Crippen molar-refractivity contribution in [2.24, 2.45) is 0 Å². The highest BCUT2D eigenvalue weighted by Crippen LogP contribution is 2.23. The van der Waals surface area contributed by atoms with E-state index in [1.54, 1.807) is 12.1 Å². The zero-order valence-corrected chi connectivity index (χ0v) is 22.4. The van der Waals surface area contributed by atoms with Gasteiger partial charge in [-0.25, -0.2) is 4.79 Å². The number of hydrogen-bond donors (Lipinski definition) is 6. The number of phenols is 1. The molecule has 0 radical (unpaired) electrons. The second-order valence-corrected chi connectivity index (χ2v) is 10.9. The van der Waals surface area contributed by atoms with Crippen molar-refractivity contribution >= 4 is 17.8 Å². The summed E-state index contributed by atoms with van der Waals surface area (Å²) in [5.74, 6) is -1.53. The van der Waals surface area contributed by atoms with Crippen molar-refractivity contribution in [2.45, 2.75) is 74.5 Å². The number of fused-ring (bicyclic) bond motifs is 3. The Kier molecular flexibility index (Phi) is 8.85. The maximum absolute atomic E-state index is 14.0. The van der Waals surface area contributed by atoms with Crippen LogP contribution in [0.3, 0.4) is 0 Å². The lowest BCUT2D eigenvalue weighted by molar-refractivity contribution is -0.760. The molecular weight excluding hydrogens is 534 g/mol. The molecule has 0 saturated carbocycles. The first-order chi connectivity index (χ1) is 19.7. The quantitative estimate of drug-likeness (QED) is 0.225. The first kappa shape index (κ1) is 29.0. The number of nitrogens with one attached hydrogen (secondary N) is 1. The molecule has 2 aromatic carbocycles. The van der Waals surface area contributed by atoms with Crippen LogP contribution in [0.25, 0.3) is 0 Å². The van der Waals surface area contributed by atoms with E-state index in [4.69, 9.17) is 9.47 Å². The first-order valence-electron chi connectivity index (χ1n) is 13.8. The highest BCUT2D eigenvalue weighted by atomic mass is 16.6. The van der Waals surface area contributed by atoms with Crippen molar-refractivity contribution in [1.82, 2.24) is 10.2 Å². The third-order valence-electron chi connectivity index (χ3n) is 7.99. The van der Waals surface area contributed by atoms with E-state index in [9.17, 15) is 34.8 Å². The van der Waals surface area contributed by atoms with Gasteiger partial charge in [0.1, 0.15) is 42.8 Å². The van der Waals surface area contributed by atoms with E-state index in [0.717, 1.165) is 11.1 Å². The molecule has 2 bridgehead atoms. The highest BCUT2D eigenvalue weighted by molar-refractivity contribution is 5.92. The molecule has 2 aromatic rings. The molecule has 0 aromatic heterocycles. The molecule has 7 N–H and O–H groups in total. The summed E-state index contributed by atoms with van der Waals surface area (Å²) in [4.78, 5) is 42.2. The van der Waals surface area contributed by atoms with E-state index in [2.05, 4.69) is 5.32 Å². The number of esters is 1. The minimum absolute atomic E-state index is 0.0666. The molecule has 3 aliphatic heterocycles. The summed E-state index contributed by atoms with van der Waals surface area (Å²) < 4.78 is 11.4. The average molecular weight is 571 g/mol. The first-order valence-corrected chi connectivity index (χ1v) is 13.8. The van der Waals surface area contributed by atoms with Gasteiger partial charge in [-0.1, -0.05) is 42.5 Å². The lowest BCUT2D eigenvalue weighted by Crippen LogP contribution is -3.01. The van der Waals surface area contributed by atoms with Gasteiger partial charge in [0.15, 0.2) is 12.1 Å². The third-order valence-corrected chi connectivity index (χ3v) is 7.99. The molecule has 0 spiro atoms. The number of quaternary nitrogens is 1. The second kappa shape index (κ2) is 12.5. The Hall–Kier alpha value is -3.55. The molecular formula is C29H36N3O9+. The van der Waals surface area contributed by atoms with E-state index in [1.165, 1.54) is 22.3 Å². The standard InChI is InChI=1S/C29H35N3O9/c33-18-10-8-17(9-11-18)13-19-28(38)32-12-4-7-21(32)26(37)30-20(14-16-5-2-1-3-6-16)29(39)40-15-22-23(34)24(35)25(36)27(31-19)41-22/h1-3,5-6,8-11,19-25,27,31,33-36H,4,7,12-15H2,(H,30,37)/p+1/t19-,20-,21-,22+,23+,24-,25+,27+/m0/s1. The molecule has 0 unspecified atom stereocenters. The van der Waals surface area contributed by atoms with Crippen LogP contribution in [0.15, 0.2) is 54.6 Å². The summed E-state index contributed by atoms with van der Waals surface area (Å²) in [6.07, 6.45) is -5.81. The topological polar surface area (TPSA) is 182 Å². The van der Waals surface area contributed by atoms with Gasteiger partial charge in [0.2, 0.25) is 12.1 Å². The minimum atomic E-state index is -1.62. The number of aromatic hydroxyl groups is 1. The number of carbonyl (C=O) groups excluding carboxylic acids is 3. The molecule has 12 heteroatoms. The summed E-state index contributed by atoms with van der Waals surface area (Å²) in [5, 5.41) is 45.9. The number of nitrogens with two attached hydrogens (primary N) is 1. The van der Waals surface area contributed by atoms with Crippen LogP contribution in [0.5, 0.6) is 5.75 Å². The van der Waals surface area contributed by atoms with Crippen LogP contribution in [0.1, 0.15) is 24.0 Å². The van der Waals surface area contributed by atoms with Crippen molar-refractivity contribution in [3.05, 3.63) is 65.7 Å². The molecule has 12 nitrogen and oxygen atoms in total. The van der Waals surface area contributed by atoms with Gasteiger partial charge < -0.3 is 45.4 Å². The van der Waals surface area contributed by atoms with Gasteiger partial charge in [-0.2, -0.15) is 0 Å². The van der Waals surface area contributed by atoms with Crippen LogP contribution < -0.4 is 10.6 Å². The van der Waals surface area contributed by atoms with Gasteiger partial charge >= 0.3 is 5.97 Å². The normalized spacial score (nSPS) is 33.0. The average Bonchev–Trinajstić information content (AvgIpc) is 3.47. The SMILES string of the molecule is O=C1OC[C@H]2O[C@@H]([NH2+][C@@H](Cc3ccc(O)cc3)C(=O)N3CCC[C@H]3C(=O)N[C@H]1Cc1ccccc1)[C@H](O)[C@@H](O)[C@@H]2O. The van der Waals surface area contributed by atoms with E-state index >= 15 is 0 Å². The Morgan fingerprint density at radius 2 is 1.61 bits per heavy atom. The lowest BCUT2D eigenvalue weighted by Gasteiger charge is -2.40. The Labute approximate surface area is 236 Å². The zero-order valence-electron chi connectivity index (χ0n) is 22.4. The fraction of sp³-hybridized carbons (Fsp3) is 0.483. The molecule has 220 valence electrons. The van der Waals surface area contributed by atoms with Crippen molar-refractivity contribution in [3.63, 3.8) is 0 Å². The third kappa shape index (κ3) is 6.52. The van der Waals surface area contributed by atoms with Crippen molar-refractivity contribution in [2.75, 3.05) is 13.2 Å². The summed E-state index contributed by atoms with van der Waals surface area (Å²) in [5.41, 5.74) is 1.50. The Morgan fingerprint density at radius 3 is 2.34 bits per heavy atom. The molecule has 2 amide bonds. The van der Waals surface area contributed by atoms with Crippen LogP contribution in [-0.4, -0.2) is 105 Å². The number of rotatable bonds is 4. The van der Waals surface area contributed by atoms with Crippen LogP contribution >= 0.6 is 0 Å². The van der Waals surface area contributed by atoms with E-state index in [-0.39, 0.29) is 24.5 Å². The number of aliphatic hydroxyl groups is 3. The fourth-order valence-corrected chi connectivity index (χ4v) is 5.72. The highest BCUT2D eigenvalue weighted by Gasteiger charge is 2.49. The smallest absolute Gasteiger partial charge is 0.329 e. The molecule has 3 fully saturated rings. The van der Waals surface area contributed by atoms with Crippen LogP contribution in [0.2, 0.25) is 0 Å². The summed E-state index contributed by atoms with van der Waals surface area (Å²) >= 11 is 0. The van der Waals surface area contributed by atoms with Crippen molar-refractivity contribution in [3.8, 4) is 5.75 Å². The molecule has 3 saturated heterocycles. The predicted octanol–water partition coefficient (Wildman–Crippen LogP) is -2.05. The van der Waals surface area contributed by atoms with E-state index < -0.39 is 67.3 Å². The summed E-state index contributed by atoms with van der Waals surface area (Å²) in [6, 6.07) is 12.7. The molecule has 8 atom stereocenters. The van der Waals surface area contributed by atoms with Crippen LogP contribution in [0, 0.1) is 0 Å². The molecule has 0 aliphatic carbocycles. The van der Waals surface area contributed by atoms with Gasteiger partial charge in [-0.15, -0.1) is 0 Å². The van der Waals surface area contributed by atoms with Gasteiger partial charge in [-0.05, 0) is 36.1 Å². The van der Waals surface area contributed by atoms with Crippen LogP contribution in [0.4, 0.5) is 0 Å². The maximum atomic E-state index is 14.0. The number of nitrogens with zero attached hydrogens (tertiary/aromatic N) is 1. The molecule has 3 heterocycles. The number of cyclic esters (lactones) is 1. The Morgan fingerprint density at radius 1 is 0.902 bits per heavy atom. The predicted molar refractivity (Wildman–Crippen MR) is 142 cm³/mol. The number of carbonyl (C=O) groups is 3. The minimum Gasteiger partial charge on any atom is -0.508 e. The monoisotopic (exact) mass is 570 g/mol. The number of ether oxygens (including phenoxy) is 2. The van der Waals surface area contributed by atoms with Crippen molar-refractivity contribution in [1.29, 1.82) is 0 Å². The van der Waals surface area contributed by atoms with E-state index in [0.29, 0.717) is 19.4 Å². The number of aliphatic hydroxyl groups excluding tert-OH is 3. The largest absolute Gasteiger partial charge is 0.508 e. The number of phenolic OH excluding ortho intramolecular Hbond substituents is 1. The fourth-order valence-electron chi connectivity index (χ4n) is 5.72. The molecule has 3 aliphatic rings. The maximum Gasteiger partial charge on any atom is 0.329 e.